The summed E-state index contributed by atoms with van der Waals surface area (Å²) in [6.07, 6.45) is 5.96. The highest BCUT2D eigenvalue weighted by atomic mass is 15.1. The third-order valence-electron chi connectivity index (χ3n) is 5.01. The number of hydrogen-bond donors (Lipinski definition) is 1. The van der Waals surface area contributed by atoms with Gasteiger partial charge in [-0.1, -0.05) is 12.1 Å². The minimum absolute atomic E-state index is 0.987. The molecule has 2 N–H and O–H groups in total. The lowest BCUT2D eigenvalue weighted by molar-refractivity contribution is 0.206. The second kappa shape index (κ2) is 3.99. The predicted octanol–water partition coefficient (Wildman–Crippen LogP) is 3.02. The normalized spacial score (nSPS) is 23.6. The fraction of sp³-hybridized carbons (Fsp3) is 0.625. The second-order valence-corrected chi connectivity index (χ2v) is 6.49. The molecule has 1 aromatic carbocycles. The van der Waals surface area contributed by atoms with Crippen molar-refractivity contribution >= 4 is 5.69 Å². The number of nitrogen functional groups attached to an aromatic ring is 1. The van der Waals surface area contributed by atoms with Crippen LogP contribution in [-0.2, 0) is 13.1 Å². The molecule has 1 aliphatic heterocycles. The van der Waals surface area contributed by atoms with Crippen LogP contribution in [0.2, 0.25) is 0 Å². The first kappa shape index (κ1) is 10.9. The van der Waals surface area contributed by atoms with Crippen LogP contribution in [-0.4, -0.2) is 11.4 Å². The average molecular weight is 242 g/mol. The Morgan fingerprint density at radius 3 is 2.44 bits per heavy atom. The van der Waals surface area contributed by atoms with Crippen molar-refractivity contribution in [2.24, 2.45) is 17.8 Å². The molecule has 4 rings (SSSR count). The highest BCUT2D eigenvalue weighted by Gasteiger charge is 2.42. The summed E-state index contributed by atoms with van der Waals surface area (Å²) in [5.74, 6) is 3.10. The Morgan fingerprint density at radius 2 is 1.83 bits per heavy atom. The maximum Gasteiger partial charge on any atom is 0.0363 e. The Labute approximate surface area is 109 Å². The van der Waals surface area contributed by atoms with Crippen LogP contribution in [0.1, 0.15) is 36.8 Å². The zero-order chi connectivity index (χ0) is 12.1. The number of rotatable bonds is 4. The highest BCUT2D eigenvalue weighted by Crippen LogP contribution is 2.50. The topological polar surface area (TPSA) is 29.3 Å². The standard InChI is InChI=1S/C16H22N2/c17-16-3-1-2-13-8-18(10-15(13)16)9-14(11-4-5-11)12-6-7-12/h1-3,11-12,14H,4-10,17H2. The number of benzene rings is 1. The Hall–Kier alpha value is -1.02. The Kier molecular flexibility index (Phi) is 2.41. The average Bonchev–Trinajstić information content (AvgIpc) is 3.25. The lowest BCUT2D eigenvalue weighted by Gasteiger charge is -2.23. The first-order valence-corrected chi connectivity index (χ1v) is 7.40. The van der Waals surface area contributed by atoms with Crippen LogP contribution in [0.5, 0.6) is 0 Å². The van der Waals surface area contributed by atoms with Gasteiger partial charge in [0.2, 0.25) is 0 Å². The molecule has 1 aromatic rings. The van der Waals surface area contributed by atoms with Crippen LogP contribution in [0.15, 0.2) is 18.2 Å². The van der Waals surface area contributed by atoms with Gasteiger partial charge < -0.3 is 5.73 Å². The van der Waals surface area contributed by atoms with Crippen molar-refractivity contribution in [2.75, 3.05) is 12.3 Å². The molecule has 3 aliphatic rings. The molecule has 0 amide bonds. The number of anilines is 1. The van der Waals surface area contributed by atoms with Crippen LogP contribution >= 0.6 is 0 Å². The van der Waals surface area contributed by atoms with Crippen LogP contribution < -0.4 is 5.73 Å². The fourth-order valence-electron chi connectivity index (χ4n) is 3.67. The summed E-state index contributed by atoms with van der Waals surface area (Å²) in [6.45, 7) is 3.51. The van der Waals surface area contributed by atoms with Gasteiger partial charge in [0.05, 0.1) is 0 Å². The van der Waals surface area contributed by atoms with Gasteiger partial charge in [-0.15, -0.1) is 0 Å². The monoisotopic (exact) mass is 242 g/mol. The van der Waals surface area contributed by atoms with E-state index in [1.54, 1.807) is 0 Å². The number of fused-ring (bicyclic) bond motifs is 1. The minimum atomic E-state index is 0.987. The predicted molar refractivity (Wildman–Crippen MR) is 73.9 cm³/mol. The van der Waals surface area contributed by atoms with E-state index in [1.807, 2.05) is 6.07 Å². The van der Waals surface area contributed by atoms with E-state index in [0.29, 0.717) is 0 Å². The van der Waals surface area contributed by atoms with Crippen molar-refractivity contribution in [3.8, 4) is 0 Å². The van der Waals surface area contributed by atoms with Gasteiger partial charge in [0, 0.05) is 25.3 Å². The van der Waals surface area contributed by atoms with Gasteiger partial charge in [-0.05, 0) is 60.6 Å². The number of hydrogen-bond acceptors (Lipinski definition) is 2. The SMILES string of the molecule is Nc1cccc2c1CN(CC(C1CC1)C1CC1)C2. The van der Waals surface area contributed by atoms with Gasteiger partial charge in [0.15, 0.2) is 0 Å². The van der Waals surface area contributed by atoms with E-state index < -0.39 is 0 Å². The summed E-state index contributed by atoms with van der Waals surface area (Å²) in [4.78, 5) is 2.63. The second-order valence-electron chi connectivity index (χ2n) is 6.49. The molecule has 2 saturated carbocycles. The van der Waals surface area contributed by atoms with E-state index in [-0.39, 0.29) is 0 Å². The molecule has 18 heavy (non-hydrogen) atoms. The van der Waals surface area contributed by atoms with Crippen molar-refractivity contribution in [2.45, 2.75) is 38.8 Å². The smallest absolute Gasteiger partial charge is 0.0363 e. The molecule has 2 heteroatoms. The van der Waals surface area contributed by atoms with Crippen LogP contribution in [0, 0.1) is 17.8 Å². The molecule has 1 heterocycles. The summed E-state index contributed by atoms with van der Waals surface area (Å²) < 4.78 is 0. The summed E-state index contributed by atoms with van der Waals surface area (Å²) in [6, 6.07) is 6.38. The molecule has 2 nitrogen and oxygen atoms in total. The summed E-state index contributed by atoms with van der Waals surface area (Å²) in [7, 11) is 0. The van der Waals surface area contributed by atoms with E-state index >= 15 is 0 Å². The maximum atomic E-state index is 6.08. The summed E-state index contributed by atoms with van der Waals surface area (Å²) >= 11 is 0. The highest BCUT2D eigenvalue weighted by molar-refractivity contribution is 5.52. The van der Waals surface area contributed by atoms with Gasteiger partial charge in [-0.25, -0.2) is 0 Å². The molecular formula is C16H22N2. The lowest BCUT2D eigenvalue weighted by Crippen LogP contribution is -2.27. The zero-order valence-corrected chi connectivity index (χ0v) is 10.9. The molecule has 2 fully saturated rings. The van der Waals surface area contributed by atoms with Crippen LogP contribution in [0.3, 0.4) is 0 Å². The number of nitrogens with two attached hydrogens (primary N) is 1. The molecule has 0 saturated heterocycles. The third-order valence-corrected chi connectivity index (χ3v) is 5.01. The van der Waals surface area contributed by atoms with Gasteiger partial charge in [-0.2, -0.15) is 0 Å². The first-order chi connectivity index (χ1) is 8.81. The van der Waals surface area contributed by atoms with Crippen molar-refractivity contribution < 1.29 is 0 Å². The molecule has 0 bridgehead atoms. The Balaban J connectivity index is 1.47. The molecule has 0 spiro atoms. The molecule has 0 atom stereocenters. The van der Waals surface area contributed by atoms with E-state index in [2.05, 4.69) is 17.0 Å². The third kappa shape index (κ3) is 1.93. The van der Waals surface area contributed by atoms with Crippen molar-refractivity contribution in [1.29, 1.82) is 0 Å². The quantitative estimate of drug-likeness (QED) is 0.822. The molecule has 96 valence electrons. The largest absolute Gasteiger partial charge is 0.398 e. The lowest BCUT2D eigenvalue weighted by atomic mass is 9.97. The van der Waals surface area contributed by atoms with E-state index in [4.69, 9.17) is 5.73 Å². The molecule has 2 aliphatic carbocycles. The first-order valence-electron chi connectivity index (χ1n) is 7.40. The van der Waals surface area contributed by atoms with Gasteiger partial charge in [0.25, 0.3) is 0 Å². The molecule has 0 radical (unpaired) electrons. The maximum absolute atomic E-state index is 6.08. The van der Waals surface area contributed by atoms with E-state index in [9.17, 15) is 0 Å². The van der Waals surface area contributed by atoms with Crippen molar-refractivity contribution in [3.05, 3.63) is 29.3 Å². The Bertz CT molecular complexity index is 448. The molecular weight excluding hydrogens is 220 g/mol. The van der Waals surface area contributed by atoms with Crippen molar-refractivity contribution in [1.82, 2.24) is 4.90 Å². The summed E-state index contributed by atoms with van der Waals surface area (Å²) in [5.41, 5.74) is 9.92. The van der Waals surface area contributed by atoms with E-state index in [1.165, 1.54) is 43.4 Å². The minimum Gasteiger partial charge on any atom is -0.398 e. The molecule has 0 unspecified atom stereocenters. The number of nitrogens with zero attached hydrogens (tertiary/aromatic N) is 1. The fourth-order valence-corrected chi connectivity index (χ4v) is 3.67. The van der Waals surface area contributed by atoms with Gasteiger partial charge in [0.1, 0.15) is 0 Å². The van der Waals surface area contributed by atoms with Gasteiger partial charge in [-0.3, -0.25) is 4.90 Å². The summed E-state index contributed by atoms with van der Waals surface area (Å²) in [5, 5.41) is 0. The van der Waals surface area contributed by atoms with E-state index in [0.717, 1.165) is 36.5 Å². The van der Waals surface area contributed by atoms with Gasteiger partial charge >= 0.3 is 0 Å². The zero-order valence-electron chi connectivity index (χ0n) is 10.9. The van der Waals surface area contributed by atoms with Crippen LogP contribution in [0.25, 0.3) is 0 Å². The Morgan fingerprint density at radius 1 is 1.11 bits per heavy atom. The van der Waals surface area contributed by atoms with Crippen LogP contribution in [0.4, 0.5) is 5.69 Å². The van der Waals surface area contributed by atoms with Crippen molar-refractivity contribution in [3.63, 3.8) is 0 Å². The molecule has 0 aromatic heterocycles.